The molecule has 1 aromatic rings. The van der Waals surface area contributed by atoms with E-state index in [2.05, 4.69) is 5.32 Å². The van der Waals surface area contributed by atoms with E-state index in [9.17, 15) is 5.11 Å². The van der Waals surface area contributed by atoms with Crippen molar-refractivity contribution in [1.82, 2.24) is 5.32 Å². The molecular formula is C12H19NO4. The van der Waals surface area contributed by atoms with Crippen molar-refractivity contribution in [3.05, 3.63) is 24.3 Å². The Morgan fingerprint density at radius 3 is 2.82 bits per heavy atom. The number of hydrogen-bond acceptors (Lipinski definition) is 5. The van der Waals surface area contributed by atoms with Gasteiger partial charge in [0.2, 0.25) is 0 Å². The van der Waals surface area contributed by atoms with Gasteiger partial charge in [-0.05, 0) is 12.1 Å². The first-order chi connectivity index (χ1) is 10.0. The Bertz CT molecular complexity index is 493. The van der Waals surface area contributed by atoms with Gasteiger partial charge in [0.15, 0.2) is 11.5 Å². The number of methoxy groups -OCH3 is 1. The SMILES string of the molecule is [2H]C([2H])(O)C([2H])(O)C([2H])([2H])NCCOc1ccccc1OC. The molecule has 5 nitrogen and oxygen atoms in total. The fourth-order valence-electron chi connectivity index (χ4n) is 1.12. The van der Waals surface area contributed by atoms with Crippen molar-refractivity contribution in [2.45, 2.75) is 6.08 Å². The zero-order valence-corrected chi connectivity index (χ0v) is 9.43. The Morgan fingerprint density at radius 2 is 2.18 bits per heavy atom. The Hall–Kier alpha value is -1.30. The fraction of sp³-hybridized carbons (Fsp3) is 0.500. The summed E-state index contributed by atoms with van der Waals surface area (Å²) in [5.41, 5.74) is 0. The van der Waals surface area contributed by atoms with Gasteiger partial charge in [0.25, 0.3) is 0 Å². The summed E-state index contributed by atoms with van der Waals surface area (Å²) in [6.45, 7) is -6.49. The van der Waals surface area contributed by atoms with Gasteiger partial charge in [0.1, 0.15) is 6.61 Å². The maximum atomic E-state index is 9.52. The zero-order chi connectivity index (χ0) is 17.0. The molecule has 0 aliphatic rings. The highest BCUT2D eigenvalue weighted by Crippen LogP contribution is 2.25. The van der Waals surface area contributed by atoms with Gasteiger partial charge in [-0.1, -0.05) is 12.1 Å². The highest BCUT2D eigenvalue weighted by Gasteiger charge is 2.03. The lowest BCUT2D eigenvalue weighted by Crippen LogP contribution is -2.32. The van der Waals surface area contributed by atoms with Gasteiger partial charge in [0, 0.05) is 15.8 Å². The topological polar surface area (TPSA) is 71.0 Å². The number of para-hydroxylation sites is 2. The molecule has 96 valence electrons. The van der Waals surface area contributed by atoms with Gasteiger partial charge in [-0.25, -0.2) is 0 Å². The van der Waals surface area contributed by atoms with Crippen LogP contribution in [0.3, 0.4) is 0 Å². The van der Waals surface area contributed by atoms with Crippen molar-refractivity contribution in [1.29, 1.82) is 0 Å². The third kappa shape index (κ3) is 5.04. The Morgan fingerprint density at radius 1 is 1.47 bits per heavy atom. The van der Waals surface area contributed by atoms with Crippen LogP contribution in [-0.2, 0) is 0 Å². The summed E-state index contributed by atoms with van der Waals surface area (Å²) in [6.07, 6.45) is -3.38. The van der Waals surface area contributed by atoms with Crippen LogP contribution in [0.1, 0.15) is 6.85 Å². The normalized spacial score (nSPS) is 20.1. The van der Waals surface area contributed by atoms with E-state index in [1.165, 1.54) is 7.11 Å². The van der Waals surface area contributed by atoms with E-state index in [0.717, 1.165) is 0 Å². The summed E-state index contributed by atoms with van der Waals surface area (Å²) in [4.78, 5) is 0. The summed E-state index contributed by atoms with van der Waals surface area (Å²) in [5.74, 6) is 0.931. The number of hydrogen-bond donors (Lipinski definition) is 3. The average Bonchev–Trinajstić information content (AvgIpc) is 2.42. The molecule has 0 bridgehead atoms. The largest absolute Gasteiger partial charge is 0.493 e. The molecule has 17 heavy (non-hydrogen) atoms. The maximum Gasteiger partial charge on any atom is 0.161 e. The minimum Gasteiger partial charge on any atom is -0.493 e. The molecule has 1 unspecified atom stereocenters. The molecule has 3 N–H and O–H groups in total. The van der Waals surface area contributed by atoms with Crippen molar-refractivity contribution < 1.29 is 26.5 Å². The molecule has 0 aliphatic heterocycles. The second kappa shape index (κ2) is 7.89. The third-order valence-corrected chi connectivity index (χ3v) is 1.87. The van der Waals surface area contributed by atoms with Gasteiger partial charge in [-0.3, -0.25) is 0 Å². The standard InChI is InChI=1S/C12H19NO4/c1-16-11-4-2-3-5-12(11)17-7-6-13-8-10(15)9-14/h2-5,10,13-15H,6-9H2,1H3/i8D2,9D2,10D. The molecular weight excluding hydrogens is 222 g/mol. The summed E-state index contributed by atoms with van der Waals surface area (Å²) >= 11 is 0. The number of aliphatic hydroxyl groups is 2. The number of benzene rings is 1. The first-order valence-electron chi connectivity index (χ1n) is 7.48. The summed E-state index contributed by atoms with van der Waals surface area (Å²) < 4.78 is 46.5. The van der Waals surface area contributed by atoms with Crippen LogP contribution in [0.15, 0.2) is 24.3 Å². The van der Waals surface area contributed by atoms with Crippen molar-refractivity contribution in [3.8, 4) is 11.5 Å². The van der Waals surface area contributed by atoms with Crippen LogP contribution in [0.2, 0.25) is 0 Å². The lowest BCUT2D eigenvalue weighted by Gasteiger charge is -2.11. The highest BCUT2D eigenvalue weighted by molar-refractivity contribution is 5.39. The average molecular weight is 246 g/mol. The molecule has 0 radical (unpaired) electrons. The molecule has 1 aromatic carbocycles. The van der Waals surface area contributed by atoms with Gasteiger partial charge >= 0.3 is 0 Å². The number of rotatable bonds is 8. The third-order valence-electron chi connectivity index (χ3n) is 1.87. The lowest BCUT2D eigenvalue weighted by atomic mass is 10.3. The van der Waals surface area contributed by atoms with Crippen LogP contribution in [0.5, 0.6) is 11.5 Å². The van der Waals surface area contributed by atoms with E-state index in [4.69, 9.17) is 21.4 Å². The first kappa shape index (κ1) is 7.92. The van der Waals surface area contributed by atoms with E-state index in [-0.39, 0.29) is 13.2 Å². The maximum absolute atomic E-state index is 9.52. The quantitative estimate of drug-likeness (QED) is 0.564. The smallest absolute Gasteiger partial charge is 0.161 e. The van der Waals surface area contributed by atoms with Crippen molar-refractivity contribution >= 4 is 0 Å². The predicted molar refractivity (Wildman–Crippen MR) is 64.5 cm³/mol. The van der Waals surface area contributed by atoms with Gasteiger partial charge < -0.3 is 25.0 Å². The molecule has 1 atom stereocenters. The van der Waals surface area contributed by atoms with Gasteiger partial charge in [0.05, 0.1) is 23.9 Å². The molecule has 0 amide bonds. The highest BCUT2D eigenvalue weighted by atomic mass is 16.5. The molecule has 0 heterocycles. The predicted octanol–water partition coefficient (Wildman–Crippen LogP) is 0.0168. The molecule has 0 saturated carbocycles. The van der Waals surface area contributed by atoms with Gasteiger partial charge in [-0.2, -0.15) is 0 Å². The van der Waals surface area contributed by atoms with Crippen LogP contribution in [0.25, 0.3) is 0 Å². The summed E-state index contributed by atoms with van der Waals surface area (Å²) in [6, 6.07) is 6.82. The Balaban J connectivity index is 2.57. The van der Waals surface area contributed by atoms with E-state index >= 15 is 0 Å². The summed E-state index contributed by atoms with van der Waals surface area (Å²) in [7, 11) is 1.47. The second-order valence-corrected chi connectivity index (χ2v) is 3.01. The van der Waals surface area contributed by atoms with Crippen LogP contribution >= 0.6 is 0 Å². The minimum atomic E-state index is -3.44. The molecule has 1 rings (SSSR count). The van der Waals surface area contributed by atoms with E-state index in [1.807, 2.05) is 0 Å². The van der Waals surface area contributed by atoms with Crippen molar-refractivity contribution in [2.24, 2.45) is 0 Å². The molecule has 0 spiro atoms. The zero-order valence-electron chi connectivity index (χ0n) is 14.4. The van der Waals surface area contributed by atoms with Crippen LogP contribution < -0.4 is 14.8 Å². The lowest BCUT2D eigenvalue weighted by molar-refractivity contribution is 0.0936. The Labute approximate surface area is 108 Å². The molecule has 0 aromatic heterocycles. The number of ether oxygens (including phenoxy) is 2. The second-order valence-electron chi connectivity index (χ2n) is 3.01. The van der Waals surface area contributed by atoms with E-state index in [1.54, 1.807) is 24.3 Å². The van der Waals surface area contributed by atoms with Crippen molar-refractivity contribution in [3.63, 3.8) is 0 Å². The molecule has 0 fully saturated rings. The fourth-order valence-corrected chi connectivity index (χ4v) is 1.12. The van der Waals surface area contributed by atoms with Crippen LogP contribution in [0.4, 0.5) is 0 Å². The van der Waals surface area contributed by atoms with E-state index in [0.29, 0.717) is 11.5 Å². The monoisotopic (exact) mass is 246 g/mol. The minimum absolute atomic E-state index is 0.0234. The molecule has 5 heteroatoms. The first-order valence-corrected chi connectivity index (χ1v) is 4.98. The molecule has 0 aliphatic carbocycles. The van der Waals surface area contributed by atoms with Crippen LogP contribution in [-0.4, -0.2) is 49.6 Å². The summed E-state index contributed by atoms with van der Waals surface area (Å²) in [5, 5.41) is 20.7. The van der Waals surface area contributed by atoms with Gasteiger partial charge in [-0.15, -0.1) is 0 Å². The van der Waals surface area contributed by atoms with E-state index < -0.39 is 19.1 Å². The molecule has 0 saturated heterocycles. The van der Waals surface area contributed by atoms with Crippen LogP contribution in [0, 0.1) is 0 Å². The Kier molecular flexibility index (Phi) is 3.67. The number of nitrogens with one attached hydrogen (secondary N) is 1. The van der Waals surface area contributed by atoms with Crippen molar-refractivity contribution in [2.75, 3.05) is 33.3 Å².